The summed E-state index contributed by atoms with van der Waals surface area (Å²) in [4.78, 5) is 9.13. The molecule has 0 spiro atoms. The highest BCUT2D eigenvalue weighted by molar-refractivity contribution is 5.89. The maximum atomic E-state index is 5.21. The van der Waals surface area contributed by atoms with Crippen molar-refractivity contribution in [2.24, 2.45) is 7.05 Å². The van der Waals surface area contributed by atoms with E-state index >= 15 is 0 Å². The van der Waals surface area contributed by atoms with Gasteiger partial charge in [-0.05, 0) is 45.0 Å². The minimum Gasteiger partial charge on any atom is -0.497 e. The first-order valence-electron chi connectivity index (χ1n) is 9.09. The number of anilines is 1. The van der Waals surface area contributed by atoms with Crippen molar-refractivity contribution < 1.29 is 4.74 Å². The molecule has 8 heteroatoms. The van der Waals surface area contributed by atoms with Gasteiger partial charge >= 0.3 is 0 Å². The molecule has 4 aromatic rings. The van der Waals surface area contributed by atoms with Gasteiger partial charge in [-0.1, -0.05) is 0 Å². The summed E-state index contributed by atoms with van der Waals surface area (Å²) < 4.78 is 8.85. The number of aromatic nitrogens is 6. The molecule has 28 heavy (non-hydrogen) atoms. The lowest BCUT2D eigenvalue weighted by molar-refractivity contribution is 0.414. The molecule has 0 amide bonds. The minimum atomic E-state index is 0.0177. The monoisotopic (exact) mass is 377 g/mol. The summed E-state index contributed by atoms with van der Waals surface area (Å²) in [7, 11) is 3.55. The molecule has 0 aliphatic rings. The van der Waals surface area contributed by atoms with Gasteiger partial charge in [-0.15, -0.1) is 0 Å². The quantitative estimate of drug-likeness (QED) is 0.574. The Labute approximate surface area is 163 Å². The predicted octanol–water partition coefficient (Wildman–Crippen LogP) is 3.35. The fraction of sp³-hybridized carbons (Fsp3) is 0.300. The summed E-state index contributed by atoms with van der Waals surface area (Å²) in [5, 5.41) is 13.4. The fourth-order valence-electron chi connectivity index (χ4n) is 3.28. The molecule has 0 aliphatic heterocycles. The standard InChI is InChI=1S/C20H23N7O/c1-12(15-10-21-27(11-15)16-6-8-17(28-5)9-7-16)22-19-18-13(2)25-26(4)20(18)24-14(3)23-19/h6-12H,1-5H3,(H,22,23,24)/t12-/m1/s1. The number of hydrogen-bond donors (Lipinski definition) is 1. The number of hydrogen-bond acceptors (Lipinski definition) is 6. The van der Waals surface area contributed by atoms with E-state index in [1.54, 1.807) is 11.8 Å². The smallest absolute Gasteiger partial charge is 0.163 e. The average molecular weight is 377 g/mol. The lowest BCUT2D eigenvalue weighted by atomic mass is 10.2. The topological polar surface area (TPSA) is 82.7 Å². The van der Waals surface area contributed by atoms with Gasteiger partial charge in [0.25, 0.3) is 0 Å². The van der Waals surface area contributed by atoms with Gasteiger partial charge in [0.1, 0.15) is 17.4 Å². The molecular weight excluding hydrogens is 354 g/mol. The SMILES string of the molecule is COc1ccc(-n2cc([C@@H](C)Nc3nc(C)nc4c3c(C)nn4C)cn2)cc1. The number of rotatable bonds is 5. The Hall–Kier alpha value is -3.42. The third-order valence-electron chi connectivity index (χ3n) is 4.76. The molecule has 0 unspecified atom stereocenters. The zero-order chi connectivity index (χ0) is 19.8. The third-order valence-corrected chi connectivity index (χ3v) is 4.76. The Bertz CT molecular complexity index is 1130. The van der Waals surface area contributed by atoms with Crippen LogP contribution in [0.5, 0.6) is 5.75 Å². The van der Waals surface area contributed by atoms with Gasteiger partial charge in [-0.2, -0.15) is 10.2 Å². The minimum absolute atomic E-state index is 0.0177. The highest BCUT2D eigenvalue weighted by Gasteiger charge is 2.17. The molecule has 1 aromatic carbocycles. The Morgan fingerprint density at radius 2 is 1.86 bits per heavy atom. The van der Waals surface area contributed by atoms with Crippen LogP contribution in [0.25, 0.3) is 16.7 Å². The van der Waals surface area contributed by atoms with Gasteiger partial charge in [0.15, 0.2) is 5.65 Å². The molecule has 0 fully saturated rings. The van der Waals surface area contributed by atoms with Gasteiger partial charge in [0, 0.05) is 18.8 Å². The molecule has 3 heterocycles. The van der Waals surface area contributed by atoms with E-state index in [1.807, 2.05) is 62.2 Å². The van der Waals surface area contributed by atoms with Crippen molar-refractivity contribution >= 4 is 16.9 Å². The molecule has 8 nitrogen and oxygen atoms in total. The maximum absolute atomic E-state index is 5.21. The van der Waals surface area contributed by atoms with E-state index in [2.05, 4.69) is 32.4 Å². The number of benzene rings is 1. The number of methoxy groups -OCH3 is 1. The Morgan fingerprint density at radius 3 is 2.57 bits per heavy atom. The Balaban J connectivity index is 1.62. The lowest BCUT2D eigenvalue weighted by Crippen LogP contribution is -2.09. The highest BCUT2D eigenvalue weighted by atomic mass is 16.5. The van der Waals surface area contributed by atoms with Gasteiger partial charge in [-0.25, -0.2) is 14.6 Å². The van der Waals surface area contributed by atoms with Crippen molar-refractivity contribution in [3.8, 4) is 11.4 Å². The van der Waals surface area contributed by atoms with Crippen LogP contribution in [0.2, 0.25) is 0 Å². The molecule has 3 aromatic heterocycles. The van der Waals surface area contributed by atoms with Gasteiger partial charge in [-0.3, -0.25) is 4.68 Å². The van der Waals surface area contributed by atoms with E-state index in [0.29, 0.717) is 5.82 Å². The van der Waals surface area contributed by atoms with Crippen LogP contribution in [-0.4, -0.2) is 36.6 Å². The zero-order valence-corrected chi connectivity index (χ0v) is 16.6. The van der Waals surface area contributed by atoms with Gasteiger partial charge in [0.2, 0.25) is 0 Å². The number of aryl methyl sites for hydroxylation is 3. The summed E-state index contributed by atoms with van der Waals surface area (Å²) in [5.41, 5.74) is 3.76. The fourth-order valence-corrected chi connectivity index (χ4v) is 3.28. The number of fused-ring (bicyclic) bond motifs is 1. The third kappa shape index (κ3) is 3.17. The van der Waals surface area contributed by atoms with E-state index in [4.69, 9.17) is 4.74 Å². The van der Waals surface area contributed by atoms with Crippen LogP contribution >= 0.6 is 0 Å². The van der Waals surface area contributed by atoms with E-state index < -0.39 is 0 Å². The first-order valence-corrected chi connectivity index (χ1v) is 9.09. The molecule has 0 aliphatic carbocycles. The van der Waals surface area contributed by atoms with Gasteiger partial charge < -0.3 is 10.1 Å². The van der Waals surface area contributed by atoms with Crippen molar-refractivity contribution in [1.82, 2.24) is 29.5 Å². The van der Waals surface area contributed by atoms with Crippen LogP contribution in [0.1, 0.15) is 30.0 Å². The summed E-state index contributed by atoms with van der Waals surface area (Å²) in [6.45, 7) is 5.95. The van der Waals surface area contributed by atoms with E-state index in [9.17, 15) is 0 Å². The normalized spacial score (nSPS) is 12.3. The van der Waals surface area contributed by atoms with Crippen molar-refractivity contribution in [1.29, 1.82) is 0 Å². The maximum Gasteiger partial charge on any atom is 0.163 e. The number of nitrogens with one attached hydrogen (secondary N) is 1. The second-order valence-electron chi connectivity index (χ2n) is 6.81. The van der Waals surface area contributed by atoms with E-state index in [0.717, 1.165) is 39.5 Å². The summed E-state index contributed by atoms with van der Waals surface area (Å²) in [6.07, 6.45) is 3.88. The second-order valence-corrected chi connectivity index (χ2v) is 6.81. The molecular formula is C20H23N7O. The van der Waals surface area contributed by atoms with Gasteiger partial charge in [0.05, 0.1) is 36.1 Å². The van der Waals surface area contributed by atoms with Crippen LogP contribution in [0.15, 0.2) is 36.7 Å². The zero-order valence-electron chi connectivity index (χ0n) is 16.6. The van der Waals surface area contributed by atoms with Crippen molar-refractivity contribution in [3.63, 3.8) is 0 Å². The lowest BCUT2D eigenvalue weighted by Gasteiger charge is -2.14. The molecule has 1 N–H and O–H groups in total. The van der Waals surface area contributed by atoms with E-state index in [1.165, 1.54) is 0 Å². The highest BCUT2D eigenvalue weighted by Crippen LogP contribution is 2.27. The van der Waals surface area contributed by atoms with Crippen molar-refractivity contribution in [2.75, 3.05) is 12.4 Å². The molecule has 144 valence electrons. The average Bonchev–Trinajstić information content (AvgIpc) is 3.27. The van der Waals surface area contributed by atoms with E-state index in [-0.39, 0.29) is 6.04 Å². The molecule has 0 radical (unpaired) electrons. The molecule has 0 saturated carbocycles. The number of nitrogens with zero attached hydrogens (tertiary/aromatic N) is 6. The molecule has 4 rings (SSSR count). The predicted molar refractivity (Wildman–Crippen MR) is 108 cm³/mol. The summed E-state index contributed by atoms with van der Waals surface area (Å²) in [5.74, 6) is 2.32. The number of ether oxygens (including phenoxy) is 1. The van der Waals surface area contributed by atoms with Crippen LogP contribution in [0.4, 0.5) is 5.82 Å². The second kappa shape index (κ2) is 6.95. The molecule has 0 bridgehead atoms. The Morgan fingerprint density at radius 1 is 1.11 bits per heavy atom. The van der Waals surface area contributed by atoms with Crippen LogP contribution in [-0.2, 0) is 7.05 Å². The Kier molecular flexibility index (Phi) is 4.46. The van der Waals surface area contributed by atoms with Crippen LogP contribution in [0, 0.1) is 13.8 Å². The van der Waals surface area contributed by atoms with Crippen LogP contribution < -0.4 is 10.1 Å². The summed E-state index contributed by atoms with van der Waals surface area (Å²) in [6, 6.07) is 7.81. The molecule has 1 atom stereocenters. The van der Waals surface area contributed by atoms with Crippen LogP contribution in [0.3, 0.4) is 0 Å². The first kappa shape index (κ1) is 18.0. The van der Waals surface area contributed by atoms with Crippen molar-refractivity contribution in [3.05, 3.63) is 53.7 Å². The first-order chi connectivity index (χ1) is 13.5. The largest absolute Gasteiger partial charge is 0.497 e. The van der Waals surface area contributed by atoms with Crippen molar-refractivity contribution in [2.45, 2.75) is 26.8 Å². The summed E-state index contributed by atoms with van der Waals surface area (Å²) >= 11 is 0. The molecule has 0 saturated heterocycles.